The van der Waals surface area contributed by atoms with Crippen molar-refractivity contribution in [3.63, 3.8) is 0 Å². The highest BCUT2D eigenvalue weighted by Crippen LogP contribution is 2.14. The first-order chi connectivity index (χ1) is 9.19. The molecule has 0 aliphatic heterocycles. The van der Waals surface area contributed by atoms with Crippen molar-refractivity contribution >= 4 is 0 Å². The van der Waals surface area contributed by atoms with Gasteiger partial charge in [0.25, 0.3) is 0 Å². The van der Waals surface area contributed by atoms with E-state index in [-0.39, 0.29) is 11.9 Å². The lowest BCUT2D eigenvalue weighted by atomic mass is 10.1. The van der Waals surface area contributed by atoms with Gasteiger partial charge in [0.15, 0.2) is 0 Å². The van der Waals surface area contributed by atoms with Gasteiger partial charge < -0.3 is 5.32 Å². The summed E-state index contributed by atoms with van der Waals surface area (Å²) < 4.78 is 12.8. The first kappa shape index (κ1) is 13.3. The number of benzene rings is 2. The second kappa shape index (κ2) is 6.12. The van der Waals surface area contributed by atoms with Gasteiger partial charge in [-0.2, -0.15) is 5.26 Å². The highest BCUT2D eigenvalue weighted by Gasteiger charge is 2.04. The van der Waals surface area contributed by atoms with Gasteiger partial charge in [0, 0.05) is 12.6 Å². The average molecular weight is 254 g/mol. The molecule has 2 aromatic carbocycles. The summed E-state index contributed by atoms with van der Waals surface area (Å²) in [5, 5.41) is 12.1. The number of halogens is 1. The molecule has 0 amide bonds. The van der Waals surface area contributed by atoms with Crippen LogP contribution in [0, 0.1) is 17.1 Å². The quantitative estimate of drug-likeness (QED) is 0.905. The number of nitriles is 1. The molecule has 2 aromatic rings. The van der Waals surface area contributed by atoms with Crippen molar-refractivity contribution in [2.75, 3.05) is 0 Å². The Bertz CT molecular complexity index is 567. The average Bonchev–Trinajstić information content (AvgIpc) is 2.46. The van der Waals surface area contributed by atoms with E-state index >= 15 is 0 Å². The summed E-state index contributed by atoms with van der Waals surface area (Å²) >= 11 is 0. The van der Waals surface area contributed by atoms with Gasteiger partial charge in [0.2, 0.25) is 0 Å². The van der Waals surface area contributed by atoms with E-state index in [0.29, 0.717) is 12.1 Å². The molecule has 2 nitrogen and oxygen atoms in total. The fourth-order valence-electron chi connectivity index (χ4n) is 1.84. The van der Waals surface area contributed by atoms with Gasteiger partial charge >= 0.3 is 0 Å². The maximum absolute atomic E-state index is 12.8. The van der Waals surface area contributed by atoms with E-state index in [1.54, 1.807) is 12.1 Å². The first-order valence-electron chi connectivity index (χ1n) is 6.17. The number of hydrogen-bond donors (Lipinski definition) is 1. The minimum Gasteiger partial charge on any atom is -0.306 e. The van der Waals surface area contributed by atoms with Gasteiger partial charge in [0.05, 0.1) is 11.6 Å². The predicted molar refractivity (Wildman–Crippen MR) is 72.8 cm³/mol. The fourth-order valence-corrected chi connectivity index (χ4v) is 1.84. The molecule has 0 fully saturated rings. The molecule has 1 atom stereocenters. The lowest BCUT2D eigenvalue weighted by molar-refractivity contribution is 0.573. The highest BCUT2D eigenvalue weighted by molar-refractivity contribution is 5.32. The number of rotatable bonds is 4. The van der Waals surface area contributed by atoms with Crippen LogP contribution < -0.4 is 5.32 Å². The van der Waals surface area contributed by atoms with E-state index < -0.39 is 0 Å². The normalized spacial score (nSPS) is 11.8. The van der Waals surface area contributed by atoms with Crippen LogP contribution in [0.5, 0.6) is 0 Å². The molecule has 0 saturated carbocycles. The van der Waals surface area contributed by atoms with Gasteiger partial charge in [-0.05, 0) is 42.3 Å². The summed E-state index contributed by atoms with van der Waals surface area (Å²) in [6.45, 7) is 2.74. The van der Waals surface area contributed by atoms with E-state index in [4.69, 9.17) is 5.26 Å². The molecule has 0 saturated heterocycles. The summed E-state index contributed by atoms with van der Waals surface area (Å²) in [6, 6.07) is 16.3. The molecular weight excluding hydrogens is 239 g/mol. The molecule has 0 unspecified atom stereocenters. The monoisotopic (exact) mass is 254 g/mol. The molecule has 19 heavy (non-hydrogen) atoms. The molecule has 96 valence electrons. The summed E-state index contributed by atoms with van der Waals surface area (Å²) in [5.41, 5.74) is 2.83. The second-order valence-corrected chi connectivity index (χ2v) is 4.46. The number of nitrogens with zero attached hydrogens (tertiary/aromatic N) is 1. The minimum atomic E-state index is -0.219. The summed E-state index contributed by atoms with van der Waals surface area (Å²) in [7, 11) is 0. The number of nitrogens with one attached hydrogen (secondary N) is 1. The van der Waals surface area contributed by atoms with E-state index in [1.807, 2.05) is 24.3 Å². The molecule has 0 aromatic heterocycles. The third-order valence-corrected chi connectivity index (χ3v) is 3.07. The van der Waals surface area contributed by atoms with Crippen molar-refractivity contribution in [3.05, 3.63) is 71.0 Å². The minimum absolute atomic E-state index is 0.179. The Labute approximate surface area is 112 Å². The van der Waals surface area contributed by atoms with Gasteiger partial charge in [-0.1, -0.05) is 24.3 Å². The van der Waals surface area contributed by atoms with Crippen molar-refractivity contribution in [3.8, 4) is 6.07 Å². The maximum Gasteiger partial charge on any atom is 0.123 e. The predicted octanol–water partition coefficient (Wildman–Crippen LogP) is 3.55. The van der Waals surface area contributed by atoms with Gasteiger partial charge in [0.1, 0.15) is 5.82 Å². The Morgan fingerprint density at radius 1 is 1.11 bits per heavy atom. The largest absolute Gasteiger partial charge is 0.306 e. The molecular formula is C16H15FN2. The zero-order valence-electron chi connectivity index (χ0n) is 10.7. The zero-order valence-corrected chi connectivity index (χ0v) is 10.7. The van der Waals surface area contributed by atoms with E-state index in [9.17, 15) is 4.39 Å². The van der Waals surface area contributed by atoms with Gasteiger partial charge in [-0.3, -0.25) is 0 Å². The van der Waals surface area contributed by atoms with Crippen LogP contribution in [0.3, 0.4) is 0 Å². The summed E-state index contributed by atoms with van der Waals surface area (Å²) in [5.74, 6) is -0.219. The molecule has 3 heteroatoms. The molecule has 2 rings (SSSR count). The third-order valence-electron chi connectivity index (χ3n) is 3.07. The van der Waals surface area contributed by atoms with Crippen LogP contribution in [0.2, 0.25) is 0 Å². The highest BCUT2D eigenvalue weighted by atomic mass is 19.1. The van der Waals surface area contributed by atoms with E-state index in [1.165, 1.54) is 12.1 Å². The van der Waals surface area contributed by atoms with Crippen LogP contribution >= 0.6 is 0 Å². The van der Waals surface area contributed by atoms with Crippen LogP contribution in [0.15, 0.2) is 48.5 Å². The van der Waals surface area contributed by atoms with E-state index in [2.05, 4.69) is 18.3 Å². The SMILES string of the molecule is C[C@H](NCc1ccc(F)cc1)c1ccc(C#N)cc1. The maximum atomic E-state index is 12.8. The van der Waals surface area contributed by atoms with Crippen molar-refractivity contribution in [1.82, 2.24) is 5.32 Å². The fraction of sp³-hybridized carbons (Fsp3) is 0.188. The Morgan fingerprint density at radius 3 is 2.32 bits per heavy atom. The Morgan fingerprint density at radius 2 is 1.74 bits per heavy atom. The van der Waals surface area contributed by atoms with Gasteiger partial charge in [-0.25, -0.2) is 4.39 Å². The Kier molecular flexibility index (Phi) is 4.27. The lowest BCUT2D eigenvalue weighted by Crippen LogP contribution is -2.18. The van der Waals surface area contributed by atoms with Crippen molar-refractivity contribution in [2.24, 2.45) is 0 Å². The second-order valence-electron chi connectivity index (χ2n) is 4.46. The Hall–Kier alpha value is -2.18. The molecule has 0 radical (unpaired) electrons. The van der Waals surface area contributed by atoms with Crippen molar-refractivity contribution in [2.45, 2.75) is 19.5 Å². The molecule has 0 heterocycles. The van der Waals surface area contributed by atoms with Crippen LogP contribution in [0.4, 0.5) is 4.39 Å². The lowest BCUT2D eigenvalue weighted by Gasteiger charge is -2.14. The molecule has 0 bridgehead atoms. The smallest absolute Gasteiger partial charge is 0.123 e. The van der Waals surface area contributed by atoms with E-state index in [0.717, 1.165) is 11.1 Å². The van der Waals surface area contributed by atoms with Crippen molar-refractivity contribution in [1.29, 1.82) is 5.26 Å². The van der Waals surface area contributed by atoms with Crippen LogP contribution in [-0.4, -0.2) is 0 Å². The summed E-state index contributed by atoms with van der Waals surface area (Å²) in [4.78, 5) is 0. The third kappa shape index (κ3) is 3.64. The Balaban J connectivity index is 1.95. The molecule has 1 N–H and O–H groups in total. The van der Waals surface area contributed by atoms with Crippen molar-refractivity contribution < 1.29 is 4.39 Å². The molecule has 0 spiro atoms. The molecule has 0 aliphatic carbocycles. The van der Waals surface area contributed by atoms with Crippen LogP contribution in [0.1, 0.15) is 29.7 Å². The first-order valence-corrected chi connectivity index (χ1v) is 6.17. The van der Waals surface area contributed by atoms with Gasteiger partial charge in [-0.15, -0.1) is 0 Å². The van der Waals surface area contributed by atoms with Crippen LogP contribution in [0.25, 0.3) is 0 Å². The summed E-state index contributed by atoms with van der Waals surface area (Å²) in [6.07, 6.45) is 0. The molecule has 0 aliphatic rings. The topological polar surface area (TPSA) is 35.8 Å². The van der Waals surface area contributed by atoms with Crippen LogP contribution in [-0.2, 0) is 6.54 Å². The standard InChI is InChI=1S/C16H15FN2/c1-12(15-6-2-13(10-18)3-7-15)19-11-14-4-8-16(17)9-5-14/h2-9,12,19H,11H2,1H3/t12-/m0/s1. The number of hydrogen-bond acceptors (Lipinski definition) is 2. The zero-order chi connectivity index (χ0) is 13.7.